The van der Waals surface area contributed by atoms with Crippen molar-refractivity contribution in [1.29, 1.82) is 0 Å². The highest BCUT2D eigenvalue weighted by Crippen LogP contribution is 2.25. The van der Waals surface area contributed by atoms with Crippen molar-refractivity contribution < 1.29 is 9.59 Å². The lowest BCUT2D eigenvalue weighted by Crippen LogP contribution is -2.64. The van der Waals surface area contributed by atoms with Gasteiger partial charge in [0.15, 0.2) is 0 Å². The van der Waals surface area contributed by atoms with Gasteiger partial charge in [0.25, 0.3) is 0 Å². The SMILES string of the molecule is CC#CCN1C(=O)C2CCCCN2C(=O)C1C. The molecule has 4 heteroatoms. The molecule has 2 aliphatic heterocycles. The maximum atomic E-state index is 12.3. The fraction of sp³-hybridized carbons (Fsp3) is 0.692. The number of hydrogen-bond donors (Lipinski definition) is 0. The molecule has 0 aromatic rings. The summed E-state index contributed by atoms with van der Waals surface area (Å²) in [6, 6.07) is -0.594. The standard InChI is InChI=1S/C13H18N2O2/c1-3-4-8-14-10(2)12(16)15-9-6-5-7-11(15)13(14)17/h10-11H,5-9H2,1-2H3. The van der Waals surface area contributed by atoms with Crippen molar-refractivity contribution in [2.45, 2.75) is 45.2 Å². The third-order valence-corrected chi connectivity index (χ3v) is 3.61. The van der Waals surface area contributed by atoms with Crippen molar-refractivity contribution >= 4 is 11.8 Å². The Morgan fingerprint density at radius 1 is 1.29 bits per heavy atom. The van der Waals surface area contributed by atoms with Crippen LogP contribution in [0.5, 0.6) is 0 Å². The molecule has 2 atom stereocenters. The second kappa shape index (κ2) is 4.79. The summed E-state index contributed by atoms with van der Waals surface area (Å²) in [5.74, 6) is 5.80. The first-order valence-corrected chi connectivity index (χ1v) is 6.17. The van der Waals surface area contributed by atoms with E-state index in [1.165, 1.54) is 0 Å². The molecule has 0 aromatic carbocycles. The second-order valence-corrected chi connectivity index (χ2v) is 4.61. The third-order valence-electron chi connectivity index (χ3n) is 3.61. The summed E-state index contributed by atoms with van der Waals surface area (Å²) >= 11 is 0. The van der Waals surface area contributed by atoms with Crippen LogP contribution in [0, 0.1) is 11.8 Å². The van der Waals surface area contributed by atoms with Gasteiger partial charge >= 0.3 is 0 Å². The molecule has 2 saturated heterocycles. The number of rotatable bonds is 1. The number of carbonyl (C=O) groups excluding carboxylic acids is 2. The molecule has 2 amide bonds. The largest absolute Gasteiger partial charge is 0.329 e. The van der Waals surface area contributed by atoms with Crippen molar-refractivity contribution in [2.24, 2.45) is 0 Å². The molecule has 0 radical (unpaired) electrons. The van der Waals surface area contributed by atoms with Crippen LogP contribution in [0.15, 0.2) is 0 Å². The van der Waals surface area contributed by atoms with Gasteiger partial charge in [0.1, 0.15) is 12.1 Å². The molecule has 0 bridgehead atoms. The maximum Gasteiger partial charge on any atom is 0.246 e. The van der Waals surface area contributed by atoms with Crippen LogP contribution in [-0.2, 0) is 9.59 Å². The molecule has 0 aromatic heterocycles. The Labute approximate surface area is 102 Å². The van der Waals surface area contributed by atoms with Crippen molar-refractivity contribution in [2.75, 3.05) is 13.1 Å². The minimum atomic E-state index is -0.363. The van der Waals surface area contributed by atoms with E-state index in [4.69, 9.17) is 0 Å². The number of hydrogen-bond acceptors (Lipinski definition) is 2. The minimum absolute atomic E-state index is 0.0690. The average molecular weight is 234 g/mol. The molecular weight excluding hydrogens is 216 g/mol. The second-order valence-electron chi connectivity index (χ2n) is 4.61. The maximum absolute atomic E-state index is 12.3. The van der Waals surface area contributed by atoms with E-state index in [2.05, 4.69) is 11.8 Å². The Morgan fingerprint density at radius 2 is 2.06 bits per heavy atom. The Balaban J connectivity index is 2.21. The molecule has 2 fully saturated rings. The van der Waals surface area contributed by atoms with Crippen LogP contribution in [0.3, 0.4) is 0 Å². The number of amides is 2. The quantitative estimate of drug-likeness (QED) is 0.624. The Morgan fingerprint density at radius 3 is 2.76 bits per heavy atom. The van der Waals surface area contributed by atoms with Crippen LogP contribution in [-0.4, -0.2) is 46.8 Å². The molecule has 2 heterocycles. The first kappa shape index (κ1) is 12.0. The van der Waals surface area contributed by atoms with Gasteiger partial charge in [-0.3, -0.25) is 9.59 Å². The number of piperazine rings is 1. The van der Waals surface area contributed by atoms with E-state index in [0.717, 1.165) is 25.8 Å². The molecule has 0 aliphatic carbocycles. The summed E-state index contributed by atoms with van der Waals surface area (Å²) in [4.78, 5) is 27.8. The summed E-state index contributed by atoms with van der Waals surface area (Å²) < 4.78 is 0. The van der Waals surface area contributed by atoms with Gasteiger partial charge in [-0.25, -0.2) is 0 Å². The Bertz CT molecular complexity index is 394. The fourth-order valence-electron chi connectivity index (χ4n) is 2.59. The van der Waals surface area contributed by atoms with Crippen molar-refractivity contribution in [3.63, 3.8) is 0 Å². The number of piperidine rings is 1. The third kappa shape index (κ3) is 2.02. The van der Waals surface area contributed by atoms with E-state index in [1.807, 2.05) is 0 Å². The van der Waals surface area contributed by atoms with E-state index in [-0.39, 0.29) is 23.9 Å². The zero-order chi connectivity index (χ0) is 12.4. The summed E-state index contributed by atoms with van der Waals surface area (Å²) in [7, 11) is 0. The number of carbonyl (C=O) groups is 2. The molecule has 0 N–H and O–H groups in total. The summed E-state index contributed by atoms with van der Waals surface area (Å²) in [6.07, 6.45) is 2.84. The predicted octanol–water partition coefficient (Wildman–Crippen LogP) is 0.621. The van der Waals surface area contributed by atoms with Crippen molar-refractivity contribution in [3.05, 3.63) is 0 Å². The normalized spacial score (nSPS) is 28.6. The van der Waals surface area contributed by atoms with E-state index < -0.39 is 0 Å². The lowest BCUT2D eigenvalue weighted by Gasteiger charge is -2.45. The molecule has 4 nitrogen and oxygen atoms in total. The first-order valence-electron chi connectivity index (χ1n) is 6.17. The highest BCUT2D eigenvalue weighted by atomic mass is 16.2. The topological polar surface area (TPSA) is 40.6 Å². The predicted molar refractivity (Wildman–Crippen MR) is 64.0 cm³/mol. The van der Waals surface area contributed by atoms with E-state index in [0.29, 0.717) is 6.54 Å². The van der Waals surface area contributed by atoms with E-state index in [9.17, 15) is 9.59 Å². The van der Waals surface area contributed by atoms with Crippen LogP contribution in [0.25, 0.3) is 0 Å². The number of nitrogens with zero attached hydrogens (tertiary/aromatic N) is 2. The van der Waals surface area contributed by atoms with Crippen LogP contribution >= 0.6 is 0 Å². The van der Waals surface area contributed by atoms with E-state index in [1.54, 1.807) is 23.6 Å². The summed E-state index contributed by atoms with van der Waals surface area (Å²) in [5, 5.41) is 0. The van der Waals surface area contributed by atoms with Crippen LogP contribution in [0.2, 0.25) is 0 Å². The van der Waals surface area contributed by atoms with Crippen LogP contribution < -0.4 is 0 Å². The van der Waals surface area contributed by atoms with Crippen LogP contribution in [0.4, 0.5) is 0 Å². The van der Waals surface area contributed by atoms with Gasteiger partial charge in [-0.1, -0.05) is 5.92 Å². The summed E-state index contributed by atoms with van der Waals surface area (Å²) in [5.41, 5.74) is 0. The minimum Gasteiger partial charge on any atom is -0.329 e. The van der Waals surface area contributed by atoms with Gasteiger partial charge in [-0.05, 0) is 33.1 Å². The Hall–Kier alpha value is -1.50. The van der Waals surface area contributed by atoms with Gasteiger partial charge < -0.3 is 9.80 Å². The smallest absolute Gasteiger partial charge is 0.246 e. The Kier molecular flexibility index (Phi) is 3.37. The van der Waals surface area contributed by atoms with Gasteiger partial charge in [0.05, 0.1) is 6.54 Å². The zero-order valence-electron chi connectivity index (χ0n) is 10.4. The lowest BCUT2D eigenvalue weighted by molar-refractivity contribution is -0.162. The molecule has 2 aliphatic rings. The highest BCUT2D eigenvalue weighted by molar-refractivity contribution is 5.97. The molecule has 0 spiro atoms. The molecule has 2 rings (SSSR count). The van der Waals surface area contributed by atoms with Crippen molar-refractivity contribution in [1.82, 2.24) is 9.80 Å². The molecular formula is C13H18N2O2. The van der Waals surface area contributed by atoms with Gasteiger partial charge in [0.2, 0.25) is 11.8 Å². The van der Waals surface area contributed by atoms with Gasteiger partial charge in [-0.2, -0.15) is 0 Å². The average Bonchev–Trinajstić information content (AvgIpc) is 2.36. The lowest BCUT2D eigenvalue weighted by atomic mass is 9.96. The zero-order valence-corrected chi connectivity index (χ0v) is 10.4. The first-order chi connectivity index (χ1) is 8.16. The summed E-state index contributed by atoms with van der Waals surface area (Å²) in [6.45, 7) is 4.63. The molecule has 92 valence electrons. The molecule has 0 saturated carbocycles. The molecule has 17 heavy (non-hydrogen) atoms. The number of fused-ring (bicyclic) bond motifs is 1. The monoisotopic (exact) mass is 234 g/mol. The molecule has 2 unspecified atom stereocenters. The van der Waals surface area contributed by atoms with Gasteiger partial charge in [-0.15, -0.1) is 5.92 Å². The van der Waals surface area contributed by atoms with Gasteiger partial charge in [0, 0.05) is 6.54 Å². The van der Waals surface area contributed by atoms with E-state index >= 15 is 0 Å². The highest BCUT2D eigenvalue weighted by Gasteiger charge is 2.44. The van der Waals surface area contributed by atoms with Crippen LogP contribution in [0.1, 0.15) is 33.1 Å². The van der Waals surface area contributed by atoms with Crippen molar-refractivity contribution in [3.8, 4) is 11.8 Å². The fourth-order valence-corrected chi connectivity index (χ4v) is 2.59.